The first kappa shape index (κ1) is 15.6. The first-order valence-electron chi connectivity index (χ1n) is 6.94. The van der Waals surface area contributed by atoms with Crippen LogP contribution in [-0.4, -0.2) is 24.9 Å². The van der Waals surface area contributed by atoms with Gasteiger partial charge in [-0.2, -0.15) is 11.8 Å². The van der Waals surface area contributed by atoms with Crippen molar-refractivity contribution in [2.45, 2.75) is 13.8 Å². The van der Waals surface area contributed by atoms with E-state index in [1.54, 1.807) is 11.8 Å². The molecule has 0 aromatic heterocycles. The Morgan fingerprint density at radius 1 is 1.14 bits per heavy atom. The highest BCUT2D eigenvalue weighted by atomic mass is 32.2. The van der Waals surface area contributed by atoms with Crippen molar-refractivity contribution >= 4 is 18.0 Å². The molecule has 3 heteroatoms. The van der Waals surface area contributed by atoms with Crippen molar-refractivity contribution in [1.82, 2.24) is 0 Å². The van der Waals surface area contributed by atoms with Crippen LogP contribution in [0.5, 0.6) is 5.75 Å². The zero-order chi connectivity index (χ0) is 15.2. The van der Waals surface area contributed by atoms with Gasteiger partial charge in [-0.25, -0.2) is 0 Å². The van der Waals surface area contributed by atoms with Gasteiger partial charge in [0.15, 0.2) is 0 Å². The highest BCUT2D eigenvalue weighted by molar-refractivity contribution is 7.98. The molecular weight excluding hydrogens is 280 g/mol. The topological polar surface area (TPSA) is 26.3 Å². The van der Waals surface area contributed by atoms with Crippen molar-refractivity contribution in [3.05, 3.63) is 53.1 Å². The van der Waals surface area contributed by atoms with Gasteiger partial charge in [-0.05, 0) is 60.6 Å². The van der Waals surface area contributed by atoms with E-state index in [2.05, 4.69) is 32.2 Å². The Balaban J connectivity index is 2.34. The first-order chi connectivity index (χ1) is 10.2. The van der Waals surface area contributed by atoms with Crippen LogP contribution in [0.25, 0.3) is 11.1 Å². The van der Waals surface area contributed by atoms with Crippen LogP contribution in [0, 0.1) is 13.8 Å². The second-order valence-corrected chi connectivity index (χ2v) is 6.00. The van der Waals surface area contributed by atoms with Gasteiger partial charge >= 0.3 is 0 Å². The summed E-state index contributed by atoms with van der Waals surface area (Å²) in [5.74, 6) is 1.90. The molecule has 0 unspecified atom stereocenters. The van der Waals surface area contributed by atoms with Crippen molar-refractivity contribution in [2.24, 2.45) is 0 Å². The molecule has 0 aliphatic heterocycles. The number of hydrogen-bond donors (Lipinski definition) is 0. The molecule has 0 bridgehead atoms. The first-order valence-corrected chi connectivity index (χ1v) is 8.33. The number of ether oxygens (including phenoxy) is 1. The summed E-state index contributed by atoms with van der Waals surface area (Å²) >= 11 is 1.78. The number of rotatable bonds is 6. The van der Waals surface area contributed by atoms with Crippen molar-refractivity contribution in [3.8, 4) is 16.9 Å². The fourth-order valence-electron chi connectivity index (χ4n) is 2.47. The van der Waals surface area contributed by atoms with E-state index in [4.69, 9.17) is 4.74 Å². The highest BCUT2D eigenvalue weighted by Crippen LogP contribution is 2.31. The van der Waals surface area contributed by atoms with Crippen LogP contribution >= 0.6 is 11.8 Å². The van der Waals surface area contributed by atoms with Gasteiger partial charge in [-0.1, -0.05) is 18.2 Å². The van der Waals surface area contributed by atoms with Crippen LogP contribution in [0.4, 0.5) is 0 Å². The average Bonchev–Trinajstić information content (AvgIpc) is 2.47. The number of hydrogen-bond acceptors (Lipinski definition) is 3. The molecule has 110 valence electrons. The van der Waals surface area contributed by atoms with Gasteiger partial charge in [-0.3, -0.25) is 4.79 Å². The summed E-state index contributed by atoms with van der Waals surface area (Å²) in [6, 6.07) is 11.8. The van der Waals surface area contributed by atoms with E-state index >= 15 is 0 Å². The van der Waals surface area contributed by atoms with Crippen molar-refractivity contribution in [3.63, 3.8) is 0 Å². The third kappa shape index (κ3) is 3.88. The van der Waals surface area contributed by atoms with Gasteiger partial charge in [0.05, 0.1) is 6.61 Å². The fourth-order valence-corrected chi connectivity index (χ4v) is 2.72. The van der Waals surface area contributed by atoms with Gasteiger partial charge in [0.2, 0.25) is 0 Å². The lowest BCUT2D eigenvalue weighted by atomic mass is 9.94. The van der Waals surface area contributed by atoms with Crippen LogP contribution in [-0.2, 0) is 0 Å². The Kier molecular flexibility index (Phi) is 5.45. The smallest absolute Gasteiger partial charge is 0.150 e. The Labute approximate surface area is 130 Å². The number of carbonyl (C=O) groups is 1. The van der Waals surface area contributed by atoms with E-state index in [9.17, 15) is 4.79 Å². The molecule has 21 heavy (non-hydrogen) atoms. The van der Waals surface area contributed by atoms with E-state index in [0.29, 0.717) is 5.56 Å². The summed E-state index contributed by atoms with van der Waals surface area (Å²) in [6.07, 6.45) is 2.96. The fraction of sp³-hybridized carbons (Fsp3) is 0.278. The molecule has 0 aliphatic carbocycles. The number of carbonyl (C=O) groups excluding carboxylic acids is 1. The molecule has 2 aromatic rings. The van der Waals surface area contributed by atoms with E-state index in [0.717, 1.165) is 41.1 Å². The molecule has 0 saturated carbocycles. The summed E-state index contributed by atoms with van der Waals surface area (Å²) in [4.78, 5) is 10.9. The summed E-state index contributed by atoms with van der Waals surface area (Å²) in [7, 11) is 0. The normalized spacial score (nSPS) is 10.4. The molecule has 0 atom stereocenters. The lowest BCUT2D eigenvalue weighted by molar-refractivity contribution is 0.112. The highest BCUT2D eigenvalue weighted by Gasteiger charge is 2.09. The predicted octanol–water partition coefficient (Wildman–Crippen LogP) is 4.52. The van der Waals surface area contributed by atoms with Crippen molar-refractivity contribution in [2.75, 3.05) is 18.6 Å². The van der Waals surface area contributed by atoms with Crippen LogP contribution < -0.4 is 4.74 Å². The van der Waals surface area contributed by atoms with Crippen LogP contribution in [0.3, 0.4) is 0 Å². The third-order valence-electron chi connectivity index (χ3n) is 3.37. The zero-order valence-corrected chi connectivity index (χ0v) is 13.5. The SMILES string of the molecule is CSCCOc1cc(C)c(-c2cccc(C=O)c2)c(C)c1. The maximum atomic E-state index is 10.9. The second kappa shape index (κ2) is 7.32. The molecule has 2 nitrogen and oxygen atoms in total. The van der Waals surface area contributed by atoms with Crippen LogP contribution in [0.1, 0.15) is 21.5 Å². The minimum atomic E-state index is 0.701. The second-order valence-electron chi connectivity index (χ2n) is 5.02. The molecule has 0 radical (unpaired) electrons. The number of benzene rings is 2. The minimum absolute atomic E-state index is 0.701. The Bertz CT molecular complexity index is 612. The minimum Gasteiger partial charge on any atom is -0.493 e. The largest absolute Gasteiger partial charge is 0.493 e. The third-order valence-corrected chi connectivity index (χ3v) is 3.95. The standard InChI is InChI=1S/C18H20O2S/c1-13-9-17(20-7-8-21-3)10-14(2)18(13)16-6-4-5-15(11-16)12-19/h4-6,9-12H,7-8H2,1-3H3. The quantitative estimate of drug-likeness (QED) is 0.579. The summed E-state index contributed by atoms with van der Waals surface area (Å²) < 4.78 is 5.77. The molecule has 0 aliphatic rings. The van der Waals surface area contributed by atoms with E-state index in [1.165, 1.54) is 5.56 Å². The average molecular weight is 300 g/mol. The van der Waals surface area contributed by atoms with Gasteiger partial charge in [0.1, 0.15) is 12.0 Å². The van der Waals surface area contributed by atoms with Crippen LogP contribution in [0.2, 0.25) is 0 Å². The molecule has 0 spiro atoms. The number of aryl methyl sites for hydroxylation is 2. The maximum Gasteiger partial charge on any atom is 0.150 e. The van der Waals surface area contributed by atoms with Crippen molar-refractivity contribution in [1.29, 1.82) is 0 Å². The van der Waals surface area contributed by atoms with Crippen molar-refractivity contribution < 1.29 is 9.53 Å². The monoisotopic (exact) mass is 300 g/mol. The van der Waals surface area contributed by atoms with Gasteiger partial charge in [-0.15, -0.1) is 0 Å². The Morgan fingerprint density at radius 2 is 1.86 bits per heavy atom. The number of aldehydes is 1. The Hall–Kier alpha value is -1.74. The molecule has 0 fully saturated rings. The lowest BCUT2D eigenvalue weighted by Crippen LogP contribution is -2.01. The molecule has 2 aromatic carbocycles. The van der Waals surface area contributed by atoms with Gasteiger partial charge in [0, 0.05) is 11.3 Å². The summed E-state index contributed by atoms with van der Waals surface area (Å²) in [5, 5.41) is 0. The summed E-state index contributed by atoms with van der Waals surface area (Å²) in [6.45, 7) is 4.88. The molecule has 0 amide bonds. The van der Waals surface area contributed by atoms with Crippen LogP contribution in [0.15, 0.2) is 36.4 Å². The predicted molar refractivity (Wildman–Crippen MR) is 90.6 cm³/mol. The maximum absolute atomic E-state index is 10.9. The zero-order valence-electron chi connectivity index (χ0n) is 12.7. The van der Waals surface area contributed by atoms with Gasteiger partial charge < -0.3 is 4.74 Å². The summed E-state index contributed by atoms with van der Waals surface area (Å²) in [5.41, 5.74) is 5.28. The lowest BCUT2D eigenvalue weighted by Gasteiger charge is -2.14. The molecule has 0 saturated heterocycles. The molecule has 0 N–H and O–H groups in total. The van der Waals surface area contributed by atoms with E-state index in [1.807, 2.05) is 24.3 Å². The van der Waals surface area contributed by atoms with E-state index < -0.39 is 0 Å². The Morgan fingerprint density at radius 3 is 2.48 bits per heavy atom. The molecule has 2 rings (SSSR count). The van der Waals surface area contributed by atoms with E-state index in [-0.39, 0.29) is 0 Å². The molecule has 0 heterocycles. The van der Waals surface area contributed by atoms with Gasteiger partial charge in [0.25, 0.3) is 0 Å². The molecular formula is C18H20O2S. The number of thioether (sulfide) groups is 1.